The Kier molecular flexibility index (Phi) is 7.48. The lowest BCUT2D eigenvalue weighted by molar-refractivity contribution is -0.138. The maximum Gasteiger partial charge on any atom is 0.303 e. The third-order valence-electron chi connectivity index (χ3n) is 4.22. The average molecular weight is 382 g/mol. The van der Waals surface area contributed by atoms with Crippen molar-refractivity contribution in [2.75, 3.05) is 26.1 Å². The van der Waals surface area contributed by atoms with E-state index in [9.17, 15) is 9.59 Å². The van der Waals surface area contributed by atoms with Crippen molar-refractivity contribution in [1.82, 2.24) is 4.90 Å². The van der Waals surface area contributed by atoms with E-state index in [1.165, 1.54) is 0 Å². The average Bonchev–Trinajstić information content (AvgIpc) is 3.03. The Labute approximate surface area is 158 Å². The number of carboxylic acid groups (broad SMARTS) is 1. The lowest BCUT2D eigenvalue weighted by Gasteiger charge is -2.13. The summed E-state index contributed by atoms with van der Waals surface area (Å²) in [5.74, 6) is 0.687. The first-order valence-corrected chi connectivity index (χ1v) is 8.97. The minimum absolute atomic E-state index is 0.0236. The fraction of sp³-hybridized carbons (Fsp3) is 0.474. The van der Waals surface area contributed by atoms with Gasteiger partial charge < -0.3 is 14.6 Å². The van der Waals surface area contributed by atoms with Gasteiger partial charge in [-0.2, -0.15) is 0 Å². The van der Waals surface area contributed by atoms with Crippen molar-refractivity contribution < 1.29 is 24.2 Å². The van der Waals surface area contributed by atoms with Crippen molar-refractivity contribution in [2.45, 2.75) is 32.4 Å². The van der Waals surface area contributed by atoms with Crippen LogP contribution in [0.3, 0.4) is 0 Å². The first-order valence-electron chi connectivity index (χ1n) is 8.44. The number of alkyl halides is 1. The maximum atomic E-state index is 11.8. The quantitative estimate of drug-likeness (QED) is 0.469. The predicted molar refractivity (Wildman–Crippen MR) is 99.0 cm³/mol. The molecule has 1 N–H and O–H groups in total. The molecular weight excluding hydrogens is 358 g/mol. The number of Topliss-reactive ketones (excluding diaryl/α,β-unsaturated/α-hetero) is 1. The second kappa shape index (κ2) is 9.59. The third kappa shape index (κ3) is 5.75. The first-order chi connectivity index (χ1) is 12.4. The second-order valence-corrected chi connectivity index (χ2v) is 6.60. The Balaban J connectivity index is 1.93. The van der Waals surface area contributed by atoms with E-state index >= 15 is 0 Å². The molecule has 26 heavy (non-hydrogen) atoms. The number of ether oxygens (including phenoxy) is 2. The molecule has 1 aliphatic heterocycles. The summed E-state index contributed by atoms with van der Waals surface area (Å²) in [7, 11) is 1.60. The van der Waals surface area contributed by atoms with Crippen LogP contribution < -0.4 is 9.47 Å². The van der Waals surface area contributed by atoms with Gasteiger partial charge in [-0.05, 0) is 28.8 Å². The maximum absolute atomic E-state index is 11.8. The number of fused-ring (bicyclic) bond motifs is 1. The molecule has 1 aromatic rings. The highest BCUT2D eigenvalue weighted by molar-refractivity contribution is 6.19. The Bertz CT molecular complexity index is 689. The normalized spacial score (nSPS) is 13.3. The molecule has 7 heteroatoms. The number of ketones is 1. The van der Waals surface area contributed by atoms with Crippen LogP contribution in [-0.2, 0) is 22.7 Å². The van der Waals surface area contributed by atoms with E-state index in [-0.39, 0.29) is 18.6 Å². The zero-order valence-electron chi connectivity index (χ0n) is 14.9. The van der Waals surface area contributed by atoms with E-state index in [4.69, 9.17) is 26.2 Å². The zero-order chi connectivity index (χ0) is 19.1. The molecule has 6 nitrogen and oxygen atoms in total. The van der Waals surface area contributed by atoms with Gasteiger partial charge in [0.05, 0.1) is 13.5 Å². The van der Waals surface area contributed by atoms with Gasteiger partial charge in [-0.1, -0.05) is 6.58 Å². The van der Waals surface area contributed by atoms with Gasteiger partial charge in [-0.3, -0.25) is 14.5 Å². The molecule has 0 saturated carbocycles. The van der Waals surface area contributed by atoms with Gasteiger partial charge in [0.1, 0.15) is 12.4 Å². The monoisotopic (exact) mass is 381 g/mol. The number of hydrogen-bond acceptors (Lipinski definition) is 5. The number of methoxy groups -OCH3 is 1. The van der Waals surface area contributed by atoms with Gasteiger partial charge in [0, 0.05) is 38.4 Å². The van der Waals surface area contributed by atoms with Crippen molar-refractivity contribution in [3.8, 4) is 11.5 Å². The third-order valence-corrected chi connectivity index (χ3v) is 4.60. The molecule has 0 aromatic heterocycles. The molecule has 0 bridgehead atoms. The van der Waals surface area contributed by atoms with Crippen molar-refractivity contribution in [3.63, 3.8) is 0 Å². The second-order valence-electron chi connectivity index (χ2n) is 6.34. The van der Waals surface area contributed by atoms with Crippen LogP contribution in [0.15, 0.2) is 24.3 Å². The topological polar surface area (TPSA) is 76.1 Å². The first kappa shape index (κ1) is 20.3. The smallest absolute Gasteiger partial charge is 0.303 e. The largest absolute Gasteiger partial charge is 0.493 e. The molecule has 0 fully saturated rings. The number of carbonyl (C=O) groups excluding carboxylic acids is 1. The van der Waals surface area contributed by atoms with Gasteiger partial charge in [0.15, 0.2) is 11.5 Å². The minimum Gasteiger partial charge on any atom is -0.493 e. The van der Waals surface area contributed by atoms with Crippen LogP contribution >= 0.6 is 11.6 Å². The van der Waals surface area contributed by atoms with E-state index in [1.807, 2.05) is 12.1 Å². The van der Waals surface area contributed by atoms with Crippen LogP contribution in [0.2, 0.25) is 0 Å². The lowest BCUT2D eigenvalue weighted by Crippen LogP contribution is -2.20. The summed E-state index contributed by atoms with van der Waals surface area (Å²) in [5.41, 5.74) is 3.06. The van der Waals surface area contributed by atoms with Crippen LogP contribution in [0.5, 0.6) is 11.5 Å². The molecule has 0 unspecified atom stereocenters. The Morgan fingerprint density at radius 2 is 1.85 bits per heavy atom. The fourth-order valence-corrected chi connectivity index (χ4v) is 2.86. The summed E-state index contributed by atoms with van der Waals surface area (Å²) in [6, 6.07) is 3.92. The summed E-state index contributed by atoms with van der Waals surface area (Å²) in [5, 5.41) is 8.63. The van der Waals surface area contributed by atoms with E-state index in [1.54, 1.807) is 7.11 Å². The number of carboxylic acids is 1. The standard InChI is InChI=1S/C19H24ClNO5/c1-13(9-20)12-26-18-8-15-11-21(10-14(15)7-17(18)25-2)6-5-16(22)3-4-19(23)24/h7-8H,1,3-6,9-12H2,2H3,(H,23,24). The van der Waals surface area contributed by atoms with E-state index in [2.05, 4.69) is 11.5 Å². The molecule has 1 aliphatic rings. The summed E-state index contributed by atoms with van der Waals surface area (Å²) in [6.07, 6.45) is 0.342. The van der Waals surface area contributed by atoms with E-state index < -0.39 is 5.97 Å². The van der Waals surface area contributed by atoms with Crippen LogP contribution in [0.1, 0.15) is 30.4 Å². The summed E-state index contributed by atoms with van der Waals surface area (Å²) < 4.78 is 11.2. The molecule has 142 valence electrons. The number of halogens is 1. The number of hydrogen-bond donors (Lipinski definition) is 1. The Hall–Kier alpha value is -2.05. The number of nitrogens with zero attached hydrogens (tertiary/aromatic N) is 1. The molecule has 2 rings (SSSR count). The Morgan fingerprint density at radius 1 is 1.19 bits per heavy atom. The highest BCUT2D eigenvalue weighted by atomic mass is 35.5. The van der Waals surface area contributed by atoms with Crippen molar-refractivity contribution in [2.24, 2.45) is 0 Å². The van der Waals surface area contributed by atoms with Gasteiger partial charge >= 0.3 is 5.97 Å². The molecule has 0 aliphatic carbocycles. The zero-order valence-corrected chi connectivity index (χ0v) is 15.7. The van der Waals surface area contributed by atoms with Crippen LogP contribution in [0.4, 0.5) is 0 Å². The van der Waals surface area contributed by atoms with Gasteiger partial charge in [0.25, 0.3) is 0 Å². The predicted octanol–water partition coefficient (Wildman–Crippen LogP) is 3.01. The van der Waals surface area contributed by atoms with Crippen molar-refractivity contribution in [3.05, 3.63) is 35.4 Å². The molecule has 1 aromatic carbocycles. The van der Waals surface area contributed by atoms with E-state index in [0.717, 1.165) is 29.8 Å². The molecule has 1 heterocycles. The number of benzene rings is 1. The van der Waals surface area contributed by atoms with Gasteiger partial charge in [-0.15, -0.1) is 11.6 Å². The number of aliphatic carboxylic acids is 1. The summed E-state index contributed by atoms with van der Waals surface area (Å²) in [4.78, 5) is 24.4. The molecule has 0 amide bonds. The fourth-order valence-electron chi connectivity index (χ4n) is 2.78. The van der Waals surface area contributed by atoms with Crippen LogP contribution in [0, 0.1) is 0 Å². The molecule has 0 saturated heterocycles. The molecule has 0 radical (unpaired) electrons. The summed E-state index contributed by atoms with van der Waals surface area (Å²) in [6.45, 7) is 6.21. The highest BCUT2D eigenvalue weighted by Crippen LogP contribution is 2.35. The van der Waals surface area contributed by atoms with Gasteiger partial charge in [0.2, 0.25) is 0 Å². The minimum atomic E-state index is -0.941. The lowest BCUT2D eigenvalue weighted by atomic mass is 10.1. The van der Waals surface area contributed by atoms with Crippen molar-refractivity contribution in [1.29, 1.82) is 0 Å². The van der Waals surface area contributed by atoms with E-state index in [0.29, 0.717) is 37.0 Å². The van der Waals surface area contributed by atoms with Gasteiger partial charge in [-0.25, -0.2) is 0 Å². The van der Waals surface area contributed by atoms with Crippen LogP contribution in [0.25, 0.3) is 0 Å². The summed E-state index contributed by atoms with van der Waals surface area (Å²) >= 11 is 5.73. The number of carbonyl (C=O) groups is 2. The molecule has 0 spiro atoms. The number of rotatable bonds is 11. The Morgan fingerprint density at radius 3 is 2.42 bits per heavy atom. The molecule has 0 atom stereocenters. The van der Waals surface area contributed by atoms with Crippen LogP contribution in [-0.4, -0.2) is 47.9 Å². The highest BCUT2D eigenvalue weighted by Gasteiger charge is 2.22. The SMILES string of the molecule is C=C(CCl)COc1cc2c(cc1OC)CN(CCC(=O)CCC(=O)O)C2. The molecular formula is C19H24ClNO5. The van der Waals surface area contributed by atoms with Crippen molar-refractivity contribution >= 4 is 23.4 Å².